The van der Waals surface area contributed by atoms with Crippen molar-refractivity contribution < 1.29 is 19.1 Å². The maximum absolute atomic E-state index is 12.9. The van der Waals surface area contributed by atoms with Crippen LogP contribution >= 0.6 is 0 Å². The van der Waals surface area contributed by atoms with Gasteiger partial charge < -0.3 is 24.6 Å². The molecular formula is C18H25N3O4. The summed E-state index contributed by atoms with van der Waals surface area (Å²) in [6, 6.07) is 5.49. The Morgan fingerprint density at radius 3 is 2.76 bits per heavy atom. The fourth-order valence-corrected chi connectivity index (χ4v) is 3.52. The molecule has 0 bridgehead atoms. The normalized spacial score (nSPS) is 23.7. The van der Waals surface area contributed by atoms with E-state index in [-0.39, 0.29) is 30.2 Å². The van der Waals surface area contributed by atoms with Gasteiger partial charge in [-0.2, -0.15) is 0 Å². The maximum atomic E-state index is 12.9. The van der Waals surface area contributed by atoms with E-state index in [1.807, 2.05) is 11.8 Å². The van der Waals surface area contributed by atoms with Crippen LogP contribution in [0.5, 0.6) is 11.5 Å². The summed E-state index contributed by atoms with van der Waals surface area (Å²) < 4.78 is 10.6. The minimum absolute atomic E-state index is 0.0513. The van der Waals surface area contributed by atoms with Crippen LogP contribution in [-0.4, -0.2) is 63.2 Å². The number of benzene rings is 1. The highest BCUT2D eigenvalue weighted by Gasteiger charge is 2.39. The Balaban J connectivity index is 1.77. The smallest absolute Gasteiger partial charge is 0.228 e. The highest BCUT2D eigenvalue weighted by Crippen LogP contribution is 2.36. The number of hydrogen-bond donors (Lipinski definition) is 1. The van der Waals surface area contributed by atoms with E-state index in [0.717, 1.165) is 13.1 Å². The molecule has 0 spiro atoms. The molecule has 136 valence electrons. The second-order valence-corrected chi connectivity index (χ2v) is 6.53. The van der Waals surface area contributed by atoms with Gasteiger partial charge in [0.05, 0.1) is 25.8 Å². The Labute approximate surface area is 147 Å². The Morgan fingerprint density at radius 2 is 2.08 bits per heavy atom. The molecule has 25 heavy (non-hydrogen) atoms. The van der Waals surface area contributed by atoms with Crippen molar-refractivity contribution in [2.75, 3.05) is 45.3 Å². The minimum Gasteiger partial charge on any atom is -0.497 e. The van der Waals surface area contributed by atoms with Gasteiger partial charge in [0.25, 0.3) is 0 Å². The molecule has 0 saturated carbocycles. The number of amides is 2. The zero-order chi connectivity index (χ0) is 18.0. The van der Waals surface area contributed by atoms with Crippen LogP contribution in [0.4, 0.5) is 5.69 Å². The van der Waals surface area contributed by atoms with Gasteiger partial charge in [0.2, 0.25) is 11.8 Å². The number of rotatable bonds is 4. The Hall–Kier alpha value is -2.28. The first-order valence-corrected chi connectivity index (χ1v) is 8.58. The van der Waals surface area contributed by atoms with Gasteiger partial charge in [-0.05, 0) is 19.1 Å². The van der Waals surface area contributed by atoms with Crippen molar-refractivity contribution in [1.82, 2.24) is 10.2 Å². The molecule has 2 saturated heterocycles. The van der Waals surface area contributed by atoms with Crippen LogP contribution in [-0.2, 0) is 9.59 Å². The third-order valence-electron chi connectivity index (χ3n) is 4.94. The lowest BCUT2D eigenvalue weighted by atomic mass is 10.1. The van der Waals surface area contributed by atoms with Crippen LogP contribution in [0.3, 0.4) is 0 Å². The van der Waals surface area contributed by atoms with E-state index < -0.39 is 0 Å². The van der Waals surface area contributed by atoms with Crippen LogP contribution in [0.2, 0.25) is 0 Å². The molecule has 3 rings (SSSR count). The van der Waals surface area contributed by atoms with Crippen LogP contribution in [0.25, 0.3) is 0 Å². The number of piperazine rings is 1. The van der Waals surface area contributed by atoms with E-state index in [1.165, 1.54) is 0 Å². The van der Waals surface area contributed by atoms with Crippen molar-refractivity contribution in [1.29, 1.82) is 0 Å². The lowest BCUT2D eigenvalue weighted by Gasteiger charge is -2.35. The molecule has 0 aliphatic carbocycles. The number of methoxy groups -OCH3 is 2. The minimum atomic E-state index is -0.306. The molecule has 2 aliphatic heterocycles. The lowest BCUT2D eigenvalue weighted by Crippen LogP contribution is -2.54. The average Bonchev–Trinajstić information content (AvgIpc) is 3.02. The highest BCUT2D eigenvalue weighted by molar-refractivity contribution is 6.01. The molecule has 0 radical (unpaired) electrons. The zero-order valence-electron chi connectivity index (χ0n) is 14.9. The summed E-state index contributed by atoms with van der Waals surface area (Å²) in [5.74, 6) is 0.938. The average molecular weight is 347 g/mol. The Morgan fingerprint density at radius 1 is 1.28 bits per heavy atom. The largest absolute Gasteiger partial charge is 0.497 e. The Kier molecular flexibility index (Phi) is 5.13. The number of carbonyl (C=O) groups is 2. The van der Waals surface area contributed by atoms with E-state index in [1.54, 1.807) is 37.3 Å². The number of anilines is 1. The predicted octanol–water partition coefficient (Wildman–Crippen LogP) is 0.877. The molecule has 2 aliphatic rings. The molecule has 2 heterocycles. The number of carbonyl (C=O) groups excluding carboxylic acids is 2. The first-order chi connectivity index (χ1) is 12.0. The molecule has 1 aromatic carbocycles. The monoisotopic (exact) mass is 347 g/mol. The molecule has 2 atom stereocenters. The van der Waals surface area contributed by atoms with Crippen LogP contribution in [0.1, 0.15) is 13.3 Å². The van der Waals surface area contributed by atoms with Crippen molar-refractivity contribution in [3.05, 3.63) is 18.2 Å². The summed E-state index contributed by atoms with van der Waals surface area (Å²) >= 11 is 0. The summed E-state index contributed by atoms with van der Waals surface area (Å²) in [4.78, 5) is 28.9. The van der Waals surface area contributed by atoms with Crippen molar-refractivity contribution >= 4 is 17.5 Å². The van der Waals surface area contributed by atoms with E-state index >= 15 is 0 Å². The topological polar surface area (TPSA) is 71.1 Å². The fourth-order valence-electron chi connectivity index (χ4n) is 3.52. The second-order valence-electron chi connectivity index (χ2n) is 6.53. The second kappa shape index (κ2) is 7.31. The third-order valence-corrected chi connectivity index (χ3v) is 4.94. The zero-order valence-corrected chi connectivity index (χ0v) is 14.9. The van der Waals surface area contributed by atoms with Gasteiger partial charge >= 0.3 is 0 Å². The van der Waals surface area contributed by atoms with Gasteiger partial charge in [0.15, 0.2) is 0 Å². The molecule has 2 fully saturated rings. The van der Waals surface area contributed by atoms with Crippen molar-refractivity contribution in [3.63, 3.8) is 0 Å². The fraction of sp³-hybridized carbons (Fsp3) is 0.556. The molecule has 2 amide bonds. The molecule has 7 nitrogen and oxygen atoms in total. The molecule has 1 N–H and O–H groups in total. The molecule has 1 aromatic rings. The first kappa shape index (κ1) is 17.5. The lowest BCUT2D eigenvalue weighted by molar-refractivity contribution is -0.138. The van der Waals surface area contributed by atoms with E-state index in [9.17, 15) is 9.59 Å². The van der Waals surface area contributed by atoms with Gasteiger partial charge in [-0.25, -0.2) is 0 Å². The van der Waals surface area contributed by atoms with Gasteiger partial charge in [-0.15, -0.1) is 0 Å². The molecular weight excluding hydrogens is 322 g/mol. The molecule has 0 unspecified atom stereocenters. The van der Waals surface area contributed by atoms with Gasteiger partial charge in [0.1, 0.15) is 11.5 Å². The Bertz CT molecular complexity index is 664. The SMILES string of the molecule is COc1ccc(N2C[C@H](C(=O)N3CCNC[C@@H]3C)CC2=O)c(OC)c1. The number of ether oxygens (including phenoxy) is 2. The number of hydrogen-bond acceptors (Lipinski definition) is 5. The standard InChI is InChI=1S/C18H25N3O4/c1-12-10-19-6-7-20(12)18(23)13-8-17(22)21(11-13)15-5-4-14(24-2)9-16(15)25-3/h4-5,9,12-13,19H,6-8,10-11H2,1-3H3/t12-,13+/m0/s1. The summed E-state index contributed by atoms with van der Waals surface area (Å²) in [5.41, 5.74) is 0.678. The quantitative estimate of drug-likeness (QED) is 0.875. The van der Waals surface area contributed by atoms with Crippen molar-refractivity contribution in [3.8, 4) is 11.5 Å². The maximum Gasteiger partial charge on any atom is 0.228 e. The summed E-state index contributed by atoms with van der Waals surface area (Å²) in [5, 5.41) is 3.28. The number of nitrogens with one attached hydrogen (secondary N) is 1. The van der Waals surface area contributed by atoms with Crippen molar-refractivity contribution in [2.24, 2.45) is 5.92 Å². The first-order valence-electron chi connectivity index (χ1n) is 8.58. The predicted molar refractivity (Wildman–Crippen MR) is 94.1 cm³/mol. The summed E-state index contributed by atoms with van der Waals surface area (Å²) in [6.45, 7) is 4.70. The summed E-state index contributed by atoms with van der Waals surface area (Å²) in [6.07, 6.45) is 0.241. The summed E-state index contributed by atoms with van der Waals surface area (Å²) in [7, 11) is 3.14. The van der Waals surface area contributed by atoms with Gasteiger partial charge in [-0.3, -0.25) is 9.59 Å². The van der Waals surface area contributed by atoms with Crippen molar-refractivity contribution in [2.45, 2.75) is 19.4 Å². The van der Waals surface area contributed by atoms with Crippen LogP contribution in [0.15, 0.2) is 18.2 Å². The van der Waals surface area contributed by atoms with E-state index in [4.69, 9.17) is 9.47 Å². The van der Waals surface area contributed by atoms with Crippen LogP contribution in [0, 0.1) is 5.92 Å². The van der Waals surface area contributed by atoms with Gasteiger partial charge in [-0.1, -0.05) is 0 Å². The highest BCUT2D eigenvalue weighted by atomic mass is 16.5. The van der Waals surface area contributed by atoms with Gasteiger partial charge in [0, 0.05) is 44.7 Å². The van der Waals surface area contributed by atoms with Crippen LogP contribution < -0.4 is 19.7 Å². The molecule has 0 aromatic heterocycles. The molecule has 7 heteroatoms. The number of nitrogens with zero attached hydrogens (tertiary/aromatic N) is 2. The third kappa shape index (κ3) is 3.42. The van der Waals surface area contributed by atoms with E-state index in [2.05, 4.69) is 5.32 Å². The van der Waals surface area contributed by atoms with E-state index in [0.29, 0.717) is 30.3 Å².